The van der Waals surface area contributed by atoms with Crippen LogP contribution in [-0.4, -0.2) is 18.2 Å². The molecular formula is C4H9NO. The summed E-state index contributed by atoms with van der Waals surface area (Å²) in [6, 6.07) is -0.120. The van der Waals surface area contributed by atoms with E-state index in [0.717, 1.165) is 5.06 Å². The van der Waals surface area contributed by atoms with E-state index in [1.54, 1.807) is 6.92 Å². The molecule has 0 aromatic rings. The first-order valence-electron chi connectivity index (χ1n) is 1.87. The third-order valence-corrected chi connectivity index (χ3v) is 0.621. The van der Waals surface area contributed by atoms with E-state index in [-0.39, 0.29) is 6.04 Å². The molecule has 2 heteroatoms. The molecule has 2 radical (unpaired) electrons. The predicted octanol–water partition coefficient (Wildman–Crippen LogP) is 0.486. The van der Waals surface area contributed by atoms with Crippen molar-refractivity contribution in [2.75, 3.05) is 7.05 Å². The number of hydroxylamine groups is 2. The van der Waals surface area contributed by atoms with Crippen molar-refractivity contribution in [3.63, 3.8) is 0 Å². The van der Waals surface area contributed by atoms with Gasteiger partial charge in [0.15, 0.2) is 0 Å². The molecule has 36 valence electrons. The Morgan fingerprint density at radius 1 is 1.83 bits per heavy atom. The number of rotatable bonds is 1. The Morgan fingerprint density at radius 2 is 2.00 bits per heavy atom. The lowest BCUT2D eigenvalue weighted by molar-refractivity contribution is -0.151. The van der Waals surface area contributed by atoms with Crippen LogP contribution in [0.2, 0.25) is 0 Å². The van der Waals surface area contributed by atoms with Gasteiger partial charge in [-0.25, -0.2) is 0 Å². The van der Waals surface area contributed by atoms with E-state index in [1.807, 2.05) is 0 Å². The normalized spacial score (nSPS) is 11.0. The number of hydrogen-bond acceptors (Lipinski definition) is 1. The van der Waals surface area contributed by atoms with Crippen LogP contribution in [0.25, 0.3) is 0 Å². The lowest BCUT2D eigenvalue weighted by atomic mass is 10.4. The average molecular weight is 87.1 g/mol. The second kappa shape index (κ2) is 2.16. The summed E-state index contributed by atoms with van der Waals surface area (Å²) in [5.41, 5.74) is 0. The van der Waals surface area contributed by atoms with Crippen molar-refractivity contribution in [3.8, 4) is 0 Å². The Labute approximate surface area is 38.3 Å². The zero-order valence-corrected chi connectivity index (χ0v) is 4.14. The largest absolute Gasteiger partial charge is 0.155 e. The molecule has 0 rings (SSSR count). The number of hydrogen-bond donors (Lipinski definition) is 0. The molecule has 0 spiro atoms. The lowest BCUT2D eigenvalue weighted by Gasteiger charge is -2.06. The van der Waals surface area contributed by atoms with E-state index >= 15 is 0 Å². The summed E-state index contributed by atoms with van der Waals surface area (Å²) >= 11 is 0. The molecule has 0 fully saturated rings. The van der Waals surface area contributed by atoms with E-state index in [2.05, 4.69) is 6.92 Å². The second-order valence-corrected chi connectivity index (χ2v) is 1.40. The lowest BCUT2D eigenvalue weighted by Crippen LogP contribution is -2.19. The van der Waals surface area contributed by atoms with Crippen molar-refractivity contribution in [1.82, 2.24) is 5.06 Å². The minimum atomic E-state index is -0.120. The van der Waals surface area contributed by atoms with Gasteiger partial charge < -0.3 is 0 Å². The predicted molar refractivity (Wildman–Crippen MR) is 23.3 cm³/mol. The summed E-state index contributed by atoms with van der Waals surface area (Å²) in [5, 5.41) is 10.8. The summed E-state index contributed by atoms with van der Waals surface area (Å²) in [5.74, 6) is 0. The molecule has 0 saturated heterocycles. The second-order valence-electron chi connectivity index (χ2n) is 1.40. The van der Waals surface area contributed by atoms with Crippen LogP contribution in [0, 0.1) is 6.92 Å². The highest BCUT2D eigenvalue weighted by molar-refractivity contribution is 4.53. The molecule has 0 bridgehead atoms. The molecule has 2 nitrogen and oxygen atoms in total. The summed E-state index contributed by atoms with van der Waals surface area (Å²) in [4.78, 5) is 0. The van der Waals surface area contributed by atoms with Gasteiger partial charge in [-0.15, -0.1) is 5.21 Å². The maximum absolute atomic E-state index is 10.00. The molecular weight excluding hydrogens is 78.0 g/mol. The van der Waals surface area contributed by atoms with Gasteiger partial charge in [-0.05, 0) is 13.8 Å². The van der Waals surface area contributed by atoms with Gasteiger partial charge in [0, 0.05) is 13.1 Å². The van der Waals surface area contributed by atoms with Gasteiger partial charge in [0.25, 0.3) is 0 Å². The molecule has 0 aliphatic heterocycles. The minimum Gasteiger partial charge on any atom is -0.155 e. The minimum absolute atomic E-state index is 0.120. The highest BCUT2D eigenvalue weighted by Gasteiger charge is 1.95. The van der Waals surface area contributed by atoms with Crippen molar-refractivity contribution < 1.29 is 5.21 Å². The van der Waals surface area contributed by atoms with Gasteiger partial charge >= 0.3 is 0 Å². The van der Waals surface area contributed by atoms with Gasteiger partial charge in [0.1, 0.15) is 0 Å². The standard InChI is InChI=1S/C4H9NO/c1-4(2)5(3)6/h4H,1H2,2-3H3. The smallest absolute Gasteiger partial charge is 0.0352 e. The van der Waals surface area contributed by atoms with Crippen LogP contribution in [0.4, 0.5) is 0 Å². The fourth-order valence-corrected chi connectivity index (χ4v) is 0. The van der Waals surface area contributed by atoms with Crippen LogP contribution < -0.4 is 0 Å². The number of nitrogens with zero attached hydrogens (tertiary/aromatic N) is 1. The van der Waals surface area contributed by atoms with Gasteiger partial charge in [0.05, 0.1) is 0 Å². The van der Waals surface area contributed by atoms with E-state index in [0.29, 0.717) is 0 Å². The molecule has 0 amide bonds. The molecule has 0 aromatic carbocycles. The van der Waals surface area contributed by atoms with Crippen LogP contribution in [0.1, 0.15) is 6.92 Å². The summed E-state index contributed by atoms with van der Waals surface area (Å²) in [7, 11) is 1.46. The van der Waals surface area contributed by atoms with Crippen LogP contribution in [0.3, 0.4) is 0 Å². The van der Waals surface area contributed by atoms with Crippen LogP contribution >= 0.6 is 0 Å². The van der Waals surface area contributed by atoms with Crippen molar-refractivity contribution in [3.05, 3.63) is 6.92 Å². The van der Waals surface area contributed by atoms with Crippen molar-refractivity contribution in [2.45, 2.75) is 13.0 Å². The molecule has 0 N–H and O–H groups in total. The highest BCUT2D eigenvalue weighted by atomic mass is 16.5. The Balaban J connectivity index is 2.99. The molecule has 1 unspecified atom stereocenters. The molecule has 0 saturated carbocycles. The van der Waals surface area contributed by atoms with Crippen LogP contribution in [0.15, 0.2) is 0 Å². The fraction of sp³-hybridized carbons (Fsp3) is 0.750. The maximum Gasteiger partial charge on any atom is 0.0352 e. The van der Waals surface area contributed by atoms with Crippen molar-refractivity contribution >= 4 is 0 Å². The Hall–Kier alpha value is -0.0800. The molecule has 0 aliphatic carbocycles. The summed E-state index contributed by atoms with van der Waals surface area (Å²) in [6.45, 7) is 5.19. The SMILES string of the molecule is [CH2]C(C)N(C)[O]. The first kappa shape index (κ1) is 5.92. The van der Waals surface area contributed by atoms with E-state index in [9.17, 15) is 5.21 Å². The van der Waals surface area contributed by atoms with Crippen LogP contribution in [0.5, 0.6) is 0 Å². The molecule has 0 aromatic heterocycles. The van der Waals surface area contributed by atoms with E-state index < -0.39 is 0 Å². The average Bonchev–Trinajstić information content (AvgIpc) is 1.36. The first-order valence-corrected chi connectivity index (χ1v) is 1.87. The zero-order chi connectivity index (χ0) is 5.15. The van der Waals surface area contributed by atoms with E-state index in [4.69, 9.17) is 0 Å². The van der Waals surface area contributed by atoms with Gasteiger partial charge in [-0.1, -0.05) is 0 Å². The summed E-state index contributed by atoms with van der Waals surface area (Å²) in [6.07, 6.45) is 0. The highest BCUT2D eigenvalue weighted by Crippen LogP contribution is 1.83. The monoisotopic (exact) mass is 87.1 g/mol. The first-order chi connectivity index (χ1) is 2.64. The Kier molecular flexibility index (Phi) is 2.13. The topological polar surface area (TPSA) is 23.1 Å². The van der Waals surface area contributed by atoms with Crippen molar-refractivity contribution in [2.24, 2.45) is 0 Å². The maximum atomic E-state index is 10.00. The third-order valence-electron chi connectivity index (χ3n) is 0.621. The molecule has 0 aliphatic rings. The zero-order valence-electron chi connectivity index (χ0n) is 4.14. The quantitative estimate of drug-likeness (QED) is 0.427. The van der Waals surface area contributed by atoms with E-state index in [1.165, 1.54) is 7.05 Å². The molecule has 6 heavy (non-hydrogen) atoms. The third kappa shape index (κ3) is 2.18. The molecule has 1 atom stereocenters. The fourth-order valence-electron chi connectivity index (χ4n) is 0. The van der Waals surface area contributed by atoms with Gasteiger partial charge in [-0.3, -0.25) is 0 Å². The summed E-state index contributed by atoms with van der Waals surface area (Å²) < 4.78 is 0. The Bertz CT molecular complexity index is 28.5. The van der Waals surface area contributed by atoms with Crippen molar-refractivity contribution in [1.29, 1.82) is 0 Å². The van der Waals surface area contributed by atoms with Gasteiger partial charge in [0.2, 0.25) is 0 Å². The van der Waals surface area contributed by atoms with Gasteiger partial charge in [-0.2, -0.15) is 5.06 Å². The Morgan fingerprint density at radius 3 is 2.00 bits per heavy atom. The molecule has 0 heterocycles. The van der Waals surface area contributed by atoms with Crippen LogP contribution in [-0.2, 0) is 5.21 Å².